The summed E-state index contributed by atoms with van der Waals surface area (Å²) in [5.41, 5.74) is 4.43. The summed E-state index contributed by atoms with van der Waals surface area (Å²) in [6.45, 7) is 3.93. The van der Waals surface area contributed by atoms with Crippen LogP contribution in [0.1, 0.15) is 41.8 Å². The van der Waals surface area contributed by atoms with Gasteiger partial charge in [-0.15, -0.1) is 0 Å². The van der Waals surface area contributed by atoms with Crippen molar-refractivity contribution in [3.63, 3.8) is 0 Å². The highest BCUT2D eigenvalue weighted by Gasteiger charge is 2.33. The zero-order chi connectivity index (χ0) is 19.5. The van der Waals surface area contributed by atoms with E-state index in [1.165, 1.54) is 0 Å². The minimum Gasteiger partial charge on any atom is -0.386 e. The van der Waals surface area contributed by atoms with Crippen LogP contribution in [0.15, 0.2) is 60.9 Å². The predicted octanol–water partition coefficient (Wildman–Crippen LogP) is 4.98. The molecule has 144 valence electrons. The molecule has 3 aromatic rings. The average Bonchev–Trinajstić information content (AvgIpc) is 3.22. The third kappa shape index (κ3) is 3.95. The van der Waals surface area contributed by atoms with E-state index in [9.17, 15) is 5.11 Å². The first kappa shape index (κ1) is 19.1. The summed E-state index contributed by atoms with van der Waals surface area (Å²) in [6, 6.07) is 15.4. The summed E-state index contributed by atoms with van der Waals surface area (Å²) in [5, 5.41) is 12.2. The van der Waals surface area contributed by atoms with Crippen molar-refractivity contribution in [1.29, 1.82) is 0 Å². The van der Waals surface area contributed by atoms with E-state index in [4.69, 9.17) is 11.6 Å². The molecular formula is C23H24ClN3O. The van der Waals surface area contributed by atoms with Crippen LogP contribution in [0.25, 0.3) is 11.3 Å². The second kappa shape index (κ2) is 8.39. The highest BCUT2D eigenvalue weighted by Crippen LogP contribution is 2.39. The summed E-state index contributed by atoms with van der Waals surface area (Å²) in [6.07, 6.45) is 5.09. The Balaban J connectivity index is 1.78. The summed E-state index contributed by atoms with van der Waals surface area (Å²) in [4.78, 5) is 11.5. The molecule has 1 fully saturated rings. The van der Waals surface area contributed by atoms with Gasteiger partial charge in [-0.25, -0.2) is 0 Å². The zero-order valence-electron chi connectivity index (χ0n) is 15.9. The second-order valence-electron chi connectivity index (χ2n) is 7.35. The van der Waals surface area contributed by atoms with Gasteiger partial charge in [-0.1, -0.05) is 23.7 Å². The van der Waals surface area contributed by atoms with E-state index in [2.05, 4.69) is 20.9 Å². The minimum absolute atomic E-state index is 0.202. The van der Waals surface area contributed by atoms with Crippen molar-refractivity contribution in [2.24, 2.45) is 0 Å². The van der Waals surface area contributed by atoms with Crippen molar-refractivity contribution < 1.29 is 5.11 Å². The van der Waals surface area contributed by atoms with E-state index in [1.807, 2.05) is 49.4 Å². The molecule has 4 nitrogen and oxygen atoms in total. The molecular weight excluding hydrogens is 370 g/mol. The molecule has 3 heterocycles. The lowest BCUT2D eigenvalue weighted by molar-refractivity contribution is 0.0585. The van der Waals surface area contributed by atoms with Crippen LogP contribution in [-0.2, 0) is 0 Å². The lowest BCUT2D eigenvalue weighted by Crippen LogP contribution is -2.31. The molecule has 0 amide bonds. The van der Waals surface area contributed by atoms with E-state index in [0.717, 1.165) is 54.0 Å². The Kier molecular flexibility index (Phi) is 5.72. The number of likely N-dealkylation sites (tertiary alicyclic amines) is 1. The largest absolute Gasteiger partial charge is 0.386 e. The second-order valence-corrected chi connectivity index (χ2v) is 7.78. The van der Waals surface area contributed by atoms with Crippen LogP contribution in [-0.4, -0.2) is 33.1 Å². The van der Waals surface area contributed by atoms with Crippen molar-refractivity contribution in [3.8, 4) is 11.3 Å². The molecule has 5 heteroatoms. The van der Waals surface area contributed by atoms with Crippen LogP contribution in [0.3, 0.4) is 0 Å². The number of hydrogen-bond acceptors (Lipinski definition) is 4. The number of aryl methyl sites for hydroxylation is 1. The first-order chi connectivity index (χ1) is 13.6. The van der Waals surface area contributed by atoms with Crippen molar-refractivity contribution in [3.05, 3.63) is 82.8 Å². The number of nitrogens with zero attached hydrogens (tertiary/aromatic N) is 3. The Morgan fingerprint density at radius 3 is 2.50 bits per heavy atom. The van der Waals surface area contributed by atoms with Crippen LogP contribution in [0, 0.1) is 6.92 Å². The van der Waals surface area contributed by atoms with Gasteiger partial charge in [-0.2, -0.15) is 0 Å². The van der Waals surface area contributed by atoms with E-state index >= 15 is 0 Å². The van der Waals surface area contributed by atoms with E-state index in [1.54, 1.807) is 12.4 Å². The number of aliphatic hydroxyl groups excluding tert-OH is 1. The third-order valence-corrected chi connectivity index (χ3v) is 5.52. The molecule has 2 aromatic heterocycles. The molecule has 0 radical (unpaired) electrons. The van der Waals surface area contributed by atoms with Crippen LogP contribution in [0.4, 0.5) is 0 Å². The molecule has 1 aliphatic rings. The Morgan fingerprint density at radius 1 is 1.00 bits per heavy atom. The maximum atomic E-state index is 11.5. The predicted molar refractivity (Wildman–Crippen MR) is 112 cm³/mol. The fraction of sp³-hybridized carbons (Fsp3) is 0.304. The van der Waals surface area contributed by atoms with E-state index in [0.29, 0.717) is 5.02 Å². The lowest BCUT2D eigenvalue weighted by atomic mass is 9.93. The molecule has 2 atom stereocenters. The maximum Gasteiger partial charge on any atom is 0.102 e. The fourth-order valence-corrected chi connectivity index (χ4v) is 4.35. The van der Waals surface area contributed by atoms with Crippen molar-refractivity contribution in [2.75, 3.05) is 13.1 Å². The number of halogens is 1. The van der Waals surface area contributed by atoms with Gasteiger partial charge >= 0.3 is 0 Å². The maximum absolute atomic E-state index is 11.5. The minimum atomic E-state index is -0.740. The summed E-state index contributed by atoms with van der Waals surface area (Å²) >= 11 is 6.29. The molecule has 1 saturated heterocycles. The van der Waals surface area contributed by atoms with Gasteiger partial charge < -0.3 is 5.11 Å². The summed E-state index contributed by atoms with van der Waals surface area (Å²) in [7, 11) is 0. The van der Waals surface area contributed by atoms with Gasteiger partial charge in [-0.05, 0) is 74.8 Å². The number of hydrogen-bond donors (Lipinski definition) is 1. The number of rotatable bonds is 5. The quantitative estimate of drug-likeness (QED) is 0.664. The van der Waals surface area contributed by atoms with Gasteiger partial charge in [0.15, 0.2) is 0 Å². The van der Waals surface area contributed by atoms with Gasteiger partial charge in [0.1, 0.15) is 6.10 Å². The number of aliphatic hydroxyl groups is 1. The average molecular weight is 394 g/mol. The molecule has 4 rings (SSSR count). The van der Waals surface area contributed by atoms with Gasteiger partial charge in [-0.3, -0.25) is 14.9 Å². The number of pyridine rings is 2. The molecule has 0 bridgehead atoms. The van der Waals surface area contributed by atoms with Gasteiger partial charge in [0.25, 0.3) is 0 Å². The normalized spacial score (nSPS) is 16.8. The van der Waals surface area contributed by atoms with Crippen molar-refractivity contribution in [1.82, 2.24) is 14.9 Å². The van der Waals surface area contributed by atoms with Gasteiger partial charge in [0.05, 0.1) is 17.4 Å². The van der Waals surface area contributed by atoms with Crippen molar-refractivity contribution in [2.45, 2.75) is 31.9 Å². The van der Waals surface area contributed by atoms with Crippen molar-refractivity contribution >= 4 is 11.6 Å². The first-order valence-electron chi connectivity index (χ1n) is 9.69. The molecule has 28 heavy (non-hydrogen) atoms. The van der Waals surface area contributed by atoms with Crippen LogP contribution in [0.5, 0.6) is 0 Å². The summed E-state index contributed by atoms with van der Waals surface area (Å²) in [5.74, 6) is 0. The molecule has 0 aliphatic carbocycles. The van der Waals surface area contributed by atoms with Crippen LogP contribution >= 0.6 is 11.6 Å². The monoisotopic (exact) mass is 393 g/mol. The molecule has 0 spiro atoms. The smallest absolute Gasteiger partial charge is 0.102 e. The molecule has 0 unspecified atom stereocenters. The highest BCUT2D eigenvalue weighted by molar-refractivity contribution is 6.30. The Bertz CT molecular complexity index is 921. The van der Waals surface area contributed by atoms with Crippen LogP contribution < -0.4 is 0 Å². The Hall–Kier alpha value is -2.27. The topological polar surface area (TPSA) is 49.3 Å². The first-order valence-corrected chi connectivity index (χ1v) is 10.1. The highest BCUT2D eigenvalue weighted by atomic mass is 35.5. The van der Waals surface area contributed by atoms with Gasteiger partial charge in [0.2, 0.25) is 0 Å². The Labute approximate surface area is 170 Å². The van der Waals surface area contributed by atoms with E-state index in [-0.39, 0.29) is 6.04 Å². The van der Waals surface area contributed by atoms with Gasteiger partial charge in [0, 0.05) is 28.5 Å². The third-order valence-electron chi connectivity index (χ3n) is 5.30. The molecule has 1 N–H and O–H groups in total. The molecule has 0 saturated carbocycles. The summed E-state index contributed by atoms with van der Waals surface area (Å²) < 4.78 is 0. The number of benzene rings is 1. The number of aromatic nitrogens is 2. The van der Waals surface area contributed by atoms with E-state index < -0.39 is 6.10 Å². The molecule has 1 aliphatic heterocycles. The molecule has 1 aromatic carbocycles. The lowest BCUT2D eigenvalue weighted by Gasteiger charge is -2.32. The zero-order valence-corrected chi connectivity index (χ0v) is 16.7. The SMILES string of the molecule is Cc1cc(Cl)cc(-c2ncccc2[C@@H](O)[C@H](c2ccccn2)N2CCCC2)c1. The standard InChI is InChI=1S/C23H24ClN3O/c1-16-13-17(15-18(24)14-16)21-19(7-6-10-26-21)23(28)22(27-11-4-5-12-27)20-8-2-3-9-25-20/h2-3,6-10,13-15,22-23,28H,4-5,11-12H2,1H3/t22-,23+/m0/s1. The van der Waals surface area contributed by atoms with Crippen LogP contribution in [0.2, 0.25) is 5.02 Å². The Morgan fingerprint density at radius 2 is 1.79 bits per heavy atom. The fourth-order valence-electron chi connectivity index (χ4n) is 4.06.